The second-order valence-electron chi connectivity index (χ2n) is 6.42. The minimum atomic E-state index is 0.0538. The summed E-state index contributed by atoms with van der Waals surface area (Å²) < 4.78 is 0. The molecule has 0 aliphatic carbocycles. The maximum Gasteiger partial charge on any atom is 0.221 e. The lowest BCUT2D eigenvalue weighted by molar-refractivity contribution is -0.121. The van der Waals surface area contributed by atoms with Gasteiger partial charge >= 0.3 is 0 Å². The number of amides is 1. The van der Waals surface area contributed by atoms with Gasteiger partial charge in [-0.25, -0.2) is 0 Å². The van der Waals surface area contributed by atoms with Crippen molar-refractivity contribution in [3.8, 4) is 0 Å². The molecule has 1 aromatic rings. The van der Waals surface area contributed by atoms with E-state index in [4.69, 9.17) is 0 Å². The number of anilines is 1. The van der Waals surface area contributed by atoms with Crippen LogP contribution >= 0.6 is 11.8 Å². The van der Waals surface area contributed by atoms with E-state index in [2.05, 4.69) is 53.4 Å². The number of piperazine rings is 1. The first-order valence-corrected chi connectivity index (χ1v) is 9.64. The predicted octanol–water partition coefficient (Wildman–Crippen LogP) is 2.76. The summed E-state index contributed by atoms with van der Waals surface area (Å²) in [4.78, 5) is 16.8. The number of carbonyl (C=O) groups is 1. The fourth-order valence-corrected chi connectivity index (χ4v) is 3.08. The number of hydrogen-bond donors (Lipinski definition) is 1. The Morgan fingerprint density at radius 3 is 2.35 bits per heavy atom. The molecule has 23 heavy (non-hydrogen) atoms. The van der Waals surface area contributed by atoms with Crippen LogP contribution in [0.5, 0.6) is 0 Å². The molecule has 4 nitrogen and oxygen atoms in total. The molecular formula is C18H29N3OS. The summed E-state index contributed by atoms with van der Waals surface area (Å²) in [6.45, 7) is 8.51. The monoisotopic (exact) mass is 335 g/mol. The molecule has 2 rings (SSSR count). The third kappa shape index (κ3) is 5.43. The molecule has 0 radical (unpaired) electrons. The van der Waals surface area contributed by atoms with Gasteiger partial charge in [0.15, 0.2) is 0 Å². The molecule has 1 fully saturated rings. The number of hydrogen-bond acceptors (Lipinski definition) is 4. The van der Waals surface area contributed by atoms with Crippen LogP contribution < -0.4 is 10.2 Å². The molecule has 0 aromatic heterocycles. The van der Waals surface area contributed by atoms with Crippen molar-refractivity contribution in [2.45, 2.75) is 31.6 Å². The van der Waals surface area contributed by atoms with Crippen molar-refractivity contribution >= 4 is 23.4 Å². The normalized spacial score (nSPS) is 18.5. The van der Waals surface area contributed by atoms with Crippen molar-refractivity contribution in [2.24, 2.45) is 0 Å². The van der Waals surface area contributed by atoms with Crippen LogP contribution in [0, 0.1) is 0 Å². The number of rotatable bonds is 6. The molecule has 1 aromatic carbocycles. The van der Waals surface area contributed by atoms with Gasteiger partial charge in [0.05, 0.1) is 6.04 Å². The van der Waals surface area contributed by atoms with Crippen molar-refractivity contribution < 1.29 is 4.79 Å². The van der Waals surface area contributed by atoms with Crippen LogP contribution in [0.25, 0.3) is 0 Å². The minimum Gasteiger partial charge on any atom is -0.369 e. The van der Waals surface area contributed by atoms with Gasteiger partial charge in [-0.15, -0.1) is 0 Å². The highest BCUT2D eigenvalue weighted by Crippen LogP contribution is 2.20. The van der Waals surface area contributed by atoms with Gasteiger partial charge in [-0.05, 0) is 37.9 Å². The lowest BCUT2D eigenvalue weighted by Crippen LogP contribution is -2.44. The fourth-order valence-electron chi connectivity index (χ4n) is 2.77. The molecule has 0 spiro atoms. The topological polar surface area (TPSA) is 35.6 Å². The van der Waals surface area contributed by atoms with Crippen LogP contribution in [-0.4, -0.2) is 55.5 Å². The van der Waals surface area contributed by atoms with Crippen LogP contribution in [0.15, 0.2) is 24.3 Å². The fraction of sp³-hybridized carbons (Fsp3) is 0.611. The molecule has 1 amide bonds. The highest BCUT2D eigenvalue weighted by molar-refractivity contribution is 7.99. The van der Waals surface area contributed by atoms with Gasteiger partial charge < -0.3 is 15.1 Å². The molecule has 0 unspecified atom stereocenters. The SMILES string of the molecule is CS[C@H](C)CC(=O)N[C@@H](C)c1ccc(N2CCN(C)CC2)cc1. The van der Waals surface area contributed by atoms with Crippen LogP contribution in [0.4, 0.5) is 5.69 Å². The Kier molecular flexibility index (Phi) is 6.78. The molecule has 0 saturated carbocycles. The molecule has 1 heterocycles. The van der Waals surface area contributed by atoms with Crippen LogP contribution in [-0.2, 0) is 4.79 Å². The van der Waals surface area contributed by atoms with Gasteiger partial charge in [0.25, 0.3) is 0 Å². The summed E-state index contributed by atoms with van der Waals surface area (Å²) in [6, 6.07) is 8.67. The van der Waals surface area contributed by atoms with Crippen molar-refractivity contribution in [2.75, 3.05) is 44.4 Å². The Hall–Kier alpha value is -1.20. The average Bonchev–Trinajstić information content (AvgIpc) is 2.55. The van der Waals surface area contributed by atoms with Crippen molar-refractivity contribution in [3.05, 3.63) is 29.8 Å². The van der Waals surface area contributed by atoms with Crippen molar-refractivity contribution in [3.63, 3.8) is 0 Å². The van der Waals surface area contributed by atoms with E-state index >= 15 is 0 Å². The highest BCUT2D eigenvalue weighted by atomic mass is 32.2. The molecule has 128 valence electrons. The lowest BCUT2D eigenvalue weighted by atomic mass is 10.1. The predicted molar refractivity (Wildman–Crippen MR) is 100 cm³/mol. The van der Waals surface area contributed by atoms with E-state index in [0.717, 1.165) is 31.7 Å². The number of benzene rings is 1. The Morgan fingerprint density at radius 1 is 1.17 bits per heavy atom. The van der Waals surface area contributed by atoms with Crippen LogP contribution in [0.2, 0.25) is 0 Å². The Labute approximate surface area is 144 Å². The number of nitrogens with zero attached hydrogens (tertiary/aromatic N) is 2. The summed E-state index contributed by atoms with van der Waals surface area (Å²) in [6.07, 6.45) is 2.61. The smallest absolute Gasteiger partial charge is 0.221 e. The molecule has 1 aliphatic rings. The molecular weight excluding hydrogens is 306 g/mol. The number of carbonyl (C=O) groups excluding carboxylic acids is 1. The van der Waals surface area contributed by atoms with Gasteiger partial charge in [-0.2, -0.15) is 11.8 Å². The van der Waals surface area contributed by atoms with E-state index in [1.165, 1.54) is 5.69 Å². The van der Waals surface area contributed by atoms with E-state index in [1.807, 2.05) is 13.2 Å². The van der Waals surface area contributed by atoms with E-state index in [-0.39, 0.29) is 11.9 Å². The molecule has 1 saturated heterocycles. The first kappa shape index (κ1) is 18.1. The highest BCUT2D eigenvalue weighted by Gasteiger charge is 2.15. The number of thioether (sulfide) groups is 1. The standard InChI is InChI=1S/C18H29N3OS/c1-14(23-4)13-18(22)19-15(2)16-5-7-17(8-6-16)21-11-9-20(3)10-12-21/h5-8,14-15H,9-13H2,1-4H3,(H,19,22)/t14-,15+/m1/s1. The number of likely N-dealkylation sites (N-methyl/N-ethyl adjacent to an activating group) is 1. The van der Waals surface area contributed by atoms with Gasteiger partial charge in [0, 0.05) is 43.5 Å². The van der Waals surface area contributed by atoms with E-state index < -0.39 is 0 Å². The summed E-state index contributed by atoms with van der Waals surface area (Å²) in [5.41, 5.74) is 2.43. The molecule has 0 bridgehead atoms. The summed E-state index contributed by atoms with van der Waals surface area (Å²) >= 11 is 1.72. The van der Waals surface area contributed by atoms with E-state index in [9.17, 15) is 4.79 Å². The largest absolute Gasteiger partial charge is 0.369 e. The quantitative estimate of drug-likeness (QED) is 0.867. The molecule has 1 aliphatic heterocycles. The average molecular weight is 336 g/mol. The van der Waals surface area contributed by atoms with Crippen LogP contribution in [0.1, 0.15) is 31.9 Å². The van der Waals surface area contributed by atoms with E-state index in [0.29, 0.717) is 11.7 Å². The van der Waals surface area contributed by atoms with Gasteiger partial charge in [-0.3, -0.25) is 4.79 Å². The Bertz CT molecular complexity index is 497. The first-order chi connectivity index (χ1) is 11.0. The Balaban J connectivity index is 1.89. The zero-order chi connectivity index (χ0) is 16.8. The molecule has 2 atom stereocenters. The van der Waals surface area contributed by atoms with Gasteiger partial charge in [0.2, 0.25) is 5.91 Å². The molecule has 5 heteroatoms. The lowest BCUT2D eigenvalue weighted by Gasteiger charge is -2.34. The molecule has 1 N–H and O–H groups in total. The minimum absolute atomic E-state index is 0.0538. The zero-order valence-corrected chi connectivity index (χ0v) is 15.5. The first-order valence-electron chi connectivity index (χ1n) is 8.35. The van der Waals surface area contributed by atoms with Crippen molar-refractivity contribution in [1.29, 1.82) is 0 Å². The zero-order valence-electron chi connectivity index (χ0n) is 14.7. The van der Waals surface area contributed by atoms with Crippen molar-refractivity contribution in [1.82, 2.24) is 10.2 Å². The maximum atomic E-state index is 12.0. The summed E-state index contributed by atoms with van der Waals surface area (Å²) in [5, 5.41) is 3.46. The Morgan fingerprint density at radius 2 is 1.78 bits per heavy atom. The van der Waals surface area contributed by atoms with E-state index in [1.54, 1.807) is 11.8 Å². The summed E-state index contributed by atoms with van der Waals surface area (Å²) in [5.74, 6) is 0.127. The van der Waals surface area contributed by atoms with Crippen LogP contribution in [0.3, 0.4) is 0 Å². The second-order valence-corrected chi connectivity index (χ2v) is 7.70. The maximum absolute atomic E-state index is 12.0. The third-order valence-corrected chi connectivity index (χ3v) is 5.49. The van der Waals surface area contributed by atoms with Gasteiger partial charge in [-0.1, -0.05) is 19.1 Å². The number of nitrogens with one attached hydrogen (secondary N) is 1. The summed E-state index contributed by atoms with van der Waals surface area (Å²) in [7, 11) is 2.17. The third-order valence-electron chi connectivity index (χ3n) is 4.51. The second kappa shape index (κ2) is 8.60. The van der Waals surface area contributed by atoms with Gasteiger partial charge in [0.1, 0.15) is 0 Å².